The monoisotopic (exact) mass is 340 g/mol. The zero-order valence-corrected chi connectivity index (χ0v) is 13.8. The fourth-order valence-corrected chi connectivity index (χ4v) is 2.52. The van der Waals surface area contributed by atoms with E-state index in [9.17, 15) is 14.4 Å². The van der Waals surface area contributed by atoms with Gasteiger partial charge in [0.1, 0.15) is 12.0 Å². The van der Waals surface area contributed by atoms with E-state index < -0.39 is 11.2 Å². The van der Waals surface area contributed by atoms with Gasteiger partial charge in [0, 0.05) is 26.2 Å². The van der Waals surface area contributed by atoms with Crippen LogP contribution in [0.3, 0.4) is 0 Å². The van der Waals surface area contributed by atoms with Crippen molar-refractivity contribution in [3.8, 4) is 11.8 Å². The summed E-state index contributed by atoms with van der Waals surface area (Å²) in [6.07, 6.45) is 2.34. The third kappa shape index (κ3) is 2.67. The van der Waals surface area contributed by atoms with Crippen LogP contribution in [0.5, 0.6) is 11.8 Å². The lowest BCUT2D eigenvalue weighted by Crippen LogP contribution is -2.37. The van der Waals surface area contributed by atoms with E-state index in [1.54, 1.807) is 34.9 Å². The van der Waals surface area contributed by atoms with Gasteiger partial charge in [0.05, 0.1) is 0 Å². The number of imidazole rings is 1. The van der Waals surface area contributed by atoms with Crippen molar-refractivity contribution in [1.29, 1.82) is 0 Å². The maximum Gasteiger partial charge on any atom is 0.332 e. The highest BCUT2D eigenvalue weighted by Gasteiger charge is 2.19. The number of hydrogen-bond acceptors (Lipinski definition) is 5. The van der Waals surface area contributed by atoms with Gasteiger partial charge in [-0.2, -0.15) is 4.98 Å². The Kier molecular flexibility index (Phi) is 4.10. The van der Waals surface area contributed by atoms with Crippen molar-refractivity contribution >= 4 is 17.5 Å². The zero-order chi connectivity index (χ0) is 18.1. The van der Waals surface area contributed by atoms with E-state index in [0.29, 0.717) is 11.3 Å². The maximum absolute atomic E-state index is 12.5. The summed E-state index contributed by atoms with van der Waals surface area (Å²) in [5, 5.41) is 0. The van der Waals surface area contributed by atoms with Crippen LogP contribution in [-0.2, 0) is 20.6 Å². The number of aromatic nitrogens is 4. The number of carbonyl (C=O) groups is 1. The summed E-state index contributed by atoms with van der Waals surface area (Å²) in [6, 6.07) is 6.62. The summed E-state index contributed by atoms with van der Waals surface area (Å²) in [5.41, 5.74) is 0.0722. The van der Waals surface area contributed by atoms with Crippen molar-refractivity contribution in [3.05, 3.63) is 63.3 Å². The van der Waals surface area contributed by atoms with E-state index in [1.165, 1.54) is 18.7 Å². The lowest BCUT2D eigenvalue weighted by molar-refractivity contribution is 0.112. The molecule has 0 radical (unpaired) electrons. The van der Waals surface area contributed by atoms with Crippen molar-refractivity contribution in [2.75, 3.05) is 0 Å². The number of rotatable bonds is 5. The number of hydrogen-bond donors (Lipinski definition) is 0. The van der Waals surface area contributed by atoms with Crippen LogP contribution in [0.4, 0.5) is 0 Å². The van der Waals surface area contributed by atoms with E-state index in [2.05, 4.69) is 11.6 Å². The van der Waals surface area contributed by atoms with Crippen LogP contribution in [0.1, 0.15) is 10.4 Å². The molecule has 8 nitrogen and oxygen atoms in total. The van der Waals surface area contributed by atoms with Gasteiger partial charge in [-0.05, 0) is 24.3 Å². The molecule has 0 aliphatic heterocycles. The molecule has 0 amide bonds. The predicted molar refractivity (Wildman–Crippen MR) is 92.3 cm³/mol. The Bertz CT molecular complexity index is 1090. The molecule has 0 atom stereocenters. The second-order valence-corrected chi connectivity index (χ2v) is 5.46. The molecule has 0 unspecified atom stereocenters. The minimum absolute atomic E-state index is 0.159. The van der Waals surface area contributed by atoms with Crippen molar-refractivity contribution in [1.82, 2.24) is 18.7 Å². The fraction of sp³-hybridized carbons (Fsp3) is 0.176. The molecule has 0 N–H and O–H groups in total. The van der Waals surface area contributed by atoms with Gasteiger partial charge in [-0.1, -0.05) is 6.08 Å². The lowest BCUT2D eigenvalue weighted by Gasteiger charge is -2.08. The van der Waals surface area contributed by atoms with Crippen LogP contribution in [-0.4, -0.2) is 25.0 Å². The van der Waals surface area contributed by atoms with Crippen LogP contribution in [0.2, 0.25) is 0 Å². The Morgan fingerprint density at radius 1 is 1.16 bits per heavy atom. The van der Waals surface area contributed by atoms with Gasteiger partial charge in [0.25, 0.3) is 5.56 Å². The summed E-state index contributed by atoms with van der Waals surface area (Å²) >= 11 is 0. The highest BCUT2D eigenvalue weighted by molar-refractivity contribution is 5.75. The van der Waals surface area contributed by atoms with Crippen LogP contribution in [0.15, 0.2) is 46.5 Å². The minimum Gasteiger partial charge on any atom is -0.425 e. The van der Waals surface area contributed by atoms with E-state index in [0.717, 1.165) is 10.9 Å². The molecule has 3 aromatic rings. The van der Waals surface area contributed by atoms with Crippen molar-refractivity contribution < 1.29 is 9.53 Å². The molecule has 0 saturated heterocycles. The smallest absolute Gasteiger partial charge is 0.332 e. The van der Waals surface area contributed by atoms with E-state index >= 15 is 0 Å². The fourth-order valence-electron chi connectivity index (χ4n) is 2.52. The summed E-state index contributed by atoms with van der Waals surface area (Å²) in [5.74, 6) is 0.452. The third-order valence-corrected chi connectivity index (χ3v) is 3.85. The molecule has 25 heavy (non-hydrogen) atoms. The topological polar surface area (TPSA) is 88.1 Å². The van der Waals surface area contributed by atoms with Crippen LogP contribution < -0.4 is 16.0 Å². The second kappa shape index (κ2) is 6.23. The number of nitrogens with zero attached hydrogens (tertiary/aromatic N) is 4. The summed E-state index contributed by atoms with van der Waals surface area (Å²) in [7, 11) is 2.95. The average Bonchev–Trinajstić information content (AvgIpc) is 2.97. The quantitative estimate of drug-likeness (QED) is 0.515. The molecule has 0 aliphatic carbocycles. The first kappa shape index (κ1) is 16.4. The Morgan fingerprint density at radius 3 is 2.44 bits per heavy atom. The van der Waals surface area contributed by atoms with Crippen molar-refractivity contribution in [3.63, 3.8) is 0 Å². The molecule has 1 aromatic carbocycles. The zero-order valence-electron chi connectivity index (χ0n) is 13.8. The normalized spacial score (nSPS) is 10.8. The van der Waals surface area contributed by atoms with Gasteiger partial charge >= 0.3 is 11.7 Å². The molecule has 0 fully saturated rings. The molecule has 0 saturated carbocycles. The van der Waals surface area contributed by atoms with Crippen molar-refractivity contribution in [2.45, 2.75) is 6.54 Å². The average molecular weight is 340 g/mol. The SMILES string of the molecule is C=CCn1c(Oc2ccc(C=O)cc2)nc2c1c(=O)n(C)c(=O)n2C. The molecule has 2 heterocycles. The molecule has 8 heteroatoms. The molecular weight excluding hydrogens is 324 g/mol. The summed E-state index contributed by atoms with van der Waals surface area (Å²) < 4.78 is 9.62. The number of ether oxygens (including phenoxy) is 1. The molecule has 0 spiro atoms. The minimum atomic E-state index is -0.470. The first-order valence-corrected chi connectivity index (χ1v) is 7.48. The van der Waals surface area contributed by atoms with Gasteiger partial charge in [0.15, 0.2) is 11.2 Å². The molecular formula is C17H16N4O4. The number of benzene rings is 1. The Hall–Kier alpha value is -3.42. The Labute approximate surface area is 142 Å². The lowest BCUT2D eigenvalue weighted by atomic mass is 10.2. The van der Waals surface area contributed by atoms with Gasteiger partial charge in [-0.3, -0.25) is 23.3 Å². The van der Waals surface area contributed by atoms with E-state index in [4.69, 9.17) is 4.74 Å². The predicted octanol–water partition coefficient (Wildman–Crippen LogP) is 1.22. The summed E-state index contributed by atoms with van der Waals surface area (Å²) in [6.45, 7) is 3.97. The first-order valence-electron chi connectivity index (χ1n) is 7.48. The highest BCUT2D eigenvalue weighted by Crippen LogP contribution is 2.24. The van der Waals surface area contributed by atoms with Crippen molar-refractivity contribution in [2.24, 2.45) is 14.1 Å². The molecule has 128 valence electrons. The number of allylic oxidation sites excluding steroid dienone is 1. The standard InChI is InChI=1S/C17H16N4O4/c1-4-9-21-13-14(19(2)17(24)20(3)15(13)23)18-16(21)25-12-7-5-11(10-22)6-8-12/h4-8,10H,1,9H2,2-3H3. The molecule has 0 aliphatic rings. The number of aldehydes is 1. The first-order chi connectivity index (χ1) is 12.0. The molecule has 3 rings (SSSR count). The highest BCUT2D eigenvalue weighted by atomic mass is 16.5. The van der Waals surface area contributed by atoms with E-state index in [1.807, 2.05) is 0 Å². The summed E-state index contributed by atoms with van der Waals surface area (Å²) in [4.78, 5) is 39.6. The van der Waals surface area contributed by atoms with Crippen LogP contribution >= 0.6 is 0 Å². The third-order valence-electron chi connectivity index (χ3n) is 3.85. The largest absolute Gasteiger partial charge is 0.425 e. The number of fused-ring (bicyclic) bond motifs is 1. The molecule has 2 aromatic heterocycles. The van der Waals surface area contributed by atoms with Gasteiger partial charge in [-0.15, -0.1) is 6.58 Å². The second-order valence-electron chi connectivity index (χ2n) is 5.46. The molecule has 0 bridgehead atoms. The van der Waals surface area contributed by atoms with Crippen LogP contribution in [0, 0.1) is 0 Å². The van der Waals surface area contributed by atoms with Crippen LogP contribution in [0.25, 0.3) is 11.2 Å². The van der Waals surface area contributed by atoms with Gasteiger partial charge < -0.3 is 4.74 Å². The Morgan fingerprint density at radius 2 is 1.84 bits per heavy atom. The maximum atomic E-state index is 12.5. The van der Waals surface area contributed by atoms with Gasteiger partial charge in [-0.25, -0.2) is 4.79 Å². The number of carbonyl (C=O) groups excluding carboxylic acids is 1. The van der Waals surface area contributed by atoms with E-state index in [-0.39, 0.29) is 23.7 Å². The Balaban J connectivity index is 2.22. The van der Waals surface area contributed by atoms with Gasteiger partial charge in [0.2, 0.25) is 0 Å². The number of aryl methyl sites for hydroxylation is 1.